The summed E-state index contributed by atoms with van der Waals surface area (Å²) in [5.74, 6) is 0. The van der Waals surface area contributed by atoms with Crippen molar-refractivity contribution in [2.75, 3.05) is 0 Å². The van der Waals surface area contributed by atoms with Gasteiger partial charge in [-0.3, -0.25) is 4.58 Å². The third-order valence-corrected chi connectivity index (χ3v) is 5.03. The largest absolute Gasteiger partial charge is 0.255 e. The van der Waals surface area contributed by atoms with Gasteiger partial charge in [0.1, 0.15) is 12.2 Å². The van der Waals surface area contributed by atoms with E-state index in [1.54, 1.807) is 0 Å². The van der Waals surface area contributed by atoms with Crippen LogP contribution in [0, 0.1) is 19.9 Å². The number of hydrogen-bond donors (Lipinski definition) is 0. The number of benzene rings is 3. The van der Waals surface area contributed by atoms with E-state index in [0.717, 1.165) is 6.04 Å². The lowest BCUT2D eigenvalue weighted by atomic mass is 9.88. The maximum atomic E-state index is 4.15. The van der Waals surface area contributed by atoms with Crippen molar-refractivity contribution in [3.8, 4) is 11.1 Å². The Morgan fingerprint density at radius 2 is 1.37 bits per heavy atom. The summed E-state index contributed by atoms with van der Waals surface area (Å²) in [6.45, 7) is 8.54. The standard InChI is InChI=1S/C26H23N/c1-19-16-24(21-10-6-4-7-11-21)17-20(2)26(19)23-14-15-27(3)25(18-23)22-12-8-5-9-13-22/h4-18H,3H2,1-2H3. The Morgan fingerprint density at radius 3 is 2.00 bits per heavy atom. The molecule has 0 fully saturated rings. The molecule has 3 aromatic rings. The minimum atomic E-state index is 1.11. The molecule has 0 radical (unpaired) electrons. The topological polar surface area (TPSA) is 3.01 Å². The molecule has 1 heterocycles. The molecular formula is C26H23N. The minimum absolute atomic E-state index is 1.11. The van der Waals surface area contributed by atoms with Crippen LogP contribution in [0.3, 0.4) is 0 Å². The average Bonchev–Trinajstić information content (AvgIpc) is 2.70. The molecule has 0 N–H and O–H groups in total. The van der Waals surface area contributed by atoms with Gasteiger partial charge in [0.2, 0.25) is 0 Å². The van der Waals surface area contributed by atoms with Crippen molar-refractivity contribution >= 4 is 12.3 Å². The second-order valence-corrected chi connectivity index (χ2v) is 6.99. The Hall–Kier alpha value is -3.32. The molecule has 0 unspecified atom stereocenters. The lowest BCUT2D eigenvalue weighted by Crippen LogP contribution is -2.14. The molecule has 1 aliphatic rings. The molecule has 0 spiro atoms. The molecule has 0 aromatic heterocycles. The van der Waals surface area contributed by atoms with Gasteiger partial charge in [-0.1, -0.05) is 66.2 Å². The van der Waals surface area contributed by atoms with E-state index in [2.05, 4.69) is 99.4 Å². The van der Waals surface area contributed by atoms with Crippen LogP contribution in [0.5, 0.6) is 0 Å². The molecule has 27 heavy (non-hydrogen) atoms. The van der Waals surface area contributed by atoms with Gasteiger partial charge in [-0.2, -0.15) is 0 Å². The van der Waals surface area contributed by atoms with Crippen molar-refractivity contribution in [3.63, 3.8) is 0 Å². The Morgan fingerprint density at radius 1 is 0.778 bits per heavy atom. The van der Waals surface area contributed by atoms with E-state index >= 15 is 0 Å². The maximum absolute atomic E-state index is 4.15. The van der Waals surface area contributed by atoms with Crippen LogP contribution in [0.25, 0.3) is 16.7 Å². The van der Waals surface area contributed by atoms with E-state index in [9.17, 15) is 0 Å². The molecule has 0 atom stereocenters. The van der Waals surface area contributed by atoms with Crippen molar-refractivity contribution in [3.05, 3.63) is 119 Å². The van der Waals surface area contributed by atoms with E-state index in [1.165, 1.54) is 39.0 Å². The van der Waals surface area contributed by atoms with Gasteiger partial charge in [0.25, 0.3) is 0 Å². The van der Waals surface area contributed by atoms with Crippen LogP contribution in [0.1, 0.15) is 22.3 Å². The molecule has 3 aromatic carbocycles. The van der Waals surface area contributed by atoms with E-state index in [-0.39, 0.29) is 0 Å². The fraction of sp³-hybridized carbons (Fsp3) is 0.0769. The highest BCUT2D eigenvalue weighted by Crippen LogP contribution is 2.34. The number of nitrogens with zero attached hydrogens (tertiary/aromatic N) is 1. The number of rotatable bonds is 3. The number of aryl methyl sites for hydroxylation is 2. The minimum Gasteiger partial charge on any atom is -0.255 e. The van der Waals surface area contributed by atoms with E-state index < -0.39 is 0 Å². The molecule has 0 aliphatic carbocycles. The van der Waals surface area contributed by atoms with E-state index in [0.29, 0.717) is 0 Å². The average molecular weight is 349 g/mol. The molecule has 1 aliphatic heterocycles. The highest BCUT2D eigenvalue weighted by molar-refractivity contribution is 5.82. The Labute approximate surface area is 161 Å². The molecule has 132 valence electrons. The van der Waals surface area contributed by atoms with Gasteiger partial charge >= 0.3 is 0 Å². The summed E-state index contributed by atoms with van der Waals surface area (Å²) in [7, 11) is 0. The SMILES string of the molecule is C=[N+]1C=CC(c2c(C)cc(-c3ccccc3)cc2C)=C[C-]1c1ccccc1. The monoisotopic (exact) mass is 349 g/mol. The molecule has 0 bridgehead atoms. The Balaban J connectivity index is 1.77. The van der Waals surface area contributed by atoms with Crippen molar-refractivity contribution < 1.29 is 4.58 Å². The number of allylic oxidation sites excluding steroid dienone is 2. The zero-order valence-electron chi connectivity index (χ0n) is 15.8. The third-order valence-electron chi connectivity index (χ3n) is 5.03. The van der Waals surface area contributed by atoms with Gasteiger partial charge in [-0.05, 0) is 59.4 Å². The molecular weight excluding hydrogens is 326 g/mol. The molecule has 1 nitrogen and oxygen atoms in total. The highest BCUT2D eigenvalue weighted by atomic mass is 15.0. The predicted octanol–water partition coefficient (Wildman–Crippen LogP) is 6.17. The Bertz CT molecular complexity index is 1020. The van der Waals surface area contributed by atoms with Gasteiger partial charge in [0.15, 0.2) is 0 Å². The lowest BCUT2D eigenvalue weighted by molar-refractivity contribution is -0.417. The van der Waals surface area contributed by atoms with Crippen LogP contribution in [-0.2, 0) is 0 Å². The summed E-state index contributed by atoms with van der Waals surface area (Å²) in [6, 6.07) is 26.6. The summed E-state index contributed by atoms with van der Waals surface area (Å²) in [5.41, 5.74) is 8.79. The van der Waals surface area contributed by atoms with Gasteiger partial charge in [-0.15, -0.1) is 12.1 Å². The lowest BCUT2D eigenvalue weighted by Gasteiger charge is -2.22. The van der Waals surface area contributed by atoms with Gasteiger partial charge < -0.3 is 0 Å². The summed E-state index contributed by atoms with van der Waals surface area (Å²) in [4.78, 5) is 0. The van der Waals surface area contributed by atoms with Crippen molar-refractivity contribution in [2.24, 2.45) is 0 Å². The number of hydrogen-bond acceptors (Lipinski definition) is 0. The smallest absolute Gasteiger partial charge is 0.147 e. The first-order valence-corrected chi connectivity index (χ1v) is 9.22. The second-order valence-electron chi connectivity index (χ2n) is 6.99. The fourth-order valence-corrected chi connectivity index (χ4v) is 3.76. The molecule has 1 heteroatoms. The molecule has 0 saturated heterocycles. The van der Waals surface area contributed by atoms with Crippen LogP contribution in [0.2, 0.25) is 0 Å². The van der Waals surface area contributed by atoms with E-state index in [4.69, 9.17) is 0 Å². The molecule has 0 saturated carbocycles. The first-order chi connectivity index (χ1) is 13.1. The molecule has 0 amide bonds. The van der Waals surface area contributed by atoms with Crippen LogP contribution in [0.15, 0.2) is 91.1 Å². The summed E-state index contributed by atoms with van der Waals surface area (Å²) in [5, 5.41) is 0. The zero-order chi connectivity index (χ0) is 18.8. The quantitative estimate of drug-likeness (QED) is 0.393. The van der Waals surface area contributed by atoms with Gasteiger partial charge in [0, 0.05) is 0 Å². The second kappa shape index (κ2) is 7.13. The van der Waals surface area contributed by atoms with Crippen LogP contribution in [-0.4, -0.2) is 11.3 Å². The summed E-state index contributed by atoms with van der Waals surface area (Å²) in [6.07, 6.45) is 6.43. The summed E-state index contributed by atoms with van der Waals surface area (Å²) < 4.78 is 1.93. The van der Waals surface area contributed by atoms with Crippen LogP contribution >= 0.6 is 0 Å². The maximum Gasteiger partial charge on any atom is 0.147 e. The van der Waals surface area contributed by atoms with Crippen molar-refractivity contribution in [1.29, 1.82) is 0 Å². The highest BCUT2D eigenvalue weighted by Gasteiger charge is 2.19. The van der Waals surface area contributed by atoms with Gasteiger partial charge in [0.05, 0.1) is 6.72 Å². The first-order valence-electron chi connectivity index (χ1n) is 9.22. The predicted molar refractivity (Wildman–Crippen MR) is 115 cm³/mol. The van der Waals surface area contributed by atoms with Crippen LogP contribution in [0.4, 0.5) is 0 Å². The van der Waals surface area contributed by atoms with Crippen molar-refractivity contribution in [1.82, 2.24) is 0 Å². The summed E-state index contributed by atoms with van der Waals surface area (Å²) >= 11 is 0. The Kier molecular flexibility index (Phi) is 4.52. The zero-order valence-corrected chi connectivity index (χ0v) is 15.8. The molecule has 4 rings (SSSR count). The fourth-order valence-electron chi connectivity index (χ4n) is 3.76. The van der Waals surface area contributed by atoms with Crippen molar-refractivity contribution in [2.45, 2.75) is 13.8 Å². The third kappa shape index (κ3) is 3.37. The first kappa shape index (κ1) is 17.1. The van der Waals surface area contributed by atoms with Crippen LogP contribution < -0.4 is 0 Å². The van der Waals surface area contributed by atoms with E-state index in [1.807, 2.05) is 16.8 Å². The van der Waals surface area contributed by atoms with Gasteiger partial charge in [-0.25, -0.2) is 0 Å². The normalized spacial score (nSPS) is 13.6.